The smallest absolute Gasteiger partial charge is 0.185 e. The zero-order chi connectivity index (χ0) is 45.5. The van der Waals surface area contributed by atoms with Crippen LogP contribution in [0.5, 0.6) is 0 Å². The number of benzene rings is 10. The van der Waals surface area contributed by atoms with Crippen LogP contribution in [0.15, 0.2) is 261 Å². The van der Waals surface area contributed by atoms with E-state index in [2.05, 4.69) is 270 Å². The van der Waals surface area contributed by atoms with E-state index in [1.165, 1.54) is 81.7 Å². The first-order valence-corrected chi connectivity index (χ1v) is 25.8. The highest BCUT2D eigenvalue weighted by molar-refractivity contribution is 7.23. The maximum Gasteiger partial charge on any atom is 0.185 e. The van der Waals surface area contributed by atoms with Crippen molar-refractivity contribution in [3.63, 3.8) is 0 Å². The van der Waals surface area contributed by atoms with E-state index in [0.29, 0.717) is 0 Å². The summed E-state index contributed by atoms with van der Waals surface area (Å²) in [6, 6.07) is 96.2. The van der Waals surface area contributed by atoms with Gasteiger partial charge in [-0.05, 0) is 120 Å². The third-order valence-electron chi connectivity index (χ3n) is 14.6. The number of para-hydroxylation sites is 2. The Hall–Kier alpha value is -8.83. The van der Waals surface area contributed by atoms with Gasteiger partial charge in [-0.15, -0.1) is 0 Å². The third kappa shape index (κ3) is 6.02. The van der Waals surface area contributed by atoms with Crippen molar-refractivity contribution in [1.82, 2.24) is 9.55 Å². The molecule has 322 valence electrons. The molecule has 2 aliphatic heterocycles. The van der Waals surface area contributed by atoms with Gasteiger partial charge in [0.2, 0.25) is 0 Å². The van der Waals surface area contributed by atoms with Crippen LogP contribution in [0, 0.1) is 0 Å². The Morgan fingerprint density at radius 2 is 0.841 bits per heavy atom. The fourth-order valence-corrected chi connectivity index (χ4v) is 17.1. The fraction of sp³-hybridized carbons (Fsp3) is 0. The van der Waals surface area contributed by atoms with E-state index in [4.69, 9.17) is 4.98 Å². The molecule has 0 fully saturated rings. The molecular formula is C65H43N3Si. The van der Waals surface area contributed by atoms with Crippen molar-refractivity contribution in [3.05, 3.63) is 261 Å². The summed E-state index contributed by atoms with van der Waals surface area (Å²) in [6.07, 6.45) is 0. The number of pyridine rings is 1. The Balaban J connectivity index is 1.02. The molecule has 10 aromatic carbocycles. The molecule has 0 saturated carbocycles. The summed E-state index contributed by atoms with van der Waals surface area (Å²) in [7, 11) is -2.87. The SMILES string of the molecule is c1ccc(-c2cccc(-n3c4ccccc4c4cc(-c5ccc6c(c5)N(c5cc(-c7ccccc7)cc(-c7ccccc7)n5)c5ccccc5[Si]65c6ccccc6-c6ccccc65)ccc43)c2)cc1. The molecule has 4 heteroatoms. The molecule has 0 N–H and O–H groups in total. The van der Waals surface area contributed by atoms with Crippen LogP contribution in [0.4, 0.5) is 17.2 Å². The summed E-state index contributed by atoms with van der Waals surface area (Å²) < 4.78 is 2.42. The highest BCUT2D eigenvalue weighted by atomic mass is 28.3. The second kappa shape index (κ2) is 15.6. The van der Waals surface area contributed by atoms with E-state index in [1.54, 1.807) is 0 Å². The molecule has 0 atom stereocenters. The van der Waals surface area contributed by atoms with Crippen molar-refractivity contribution in [2.45, 2.75) is 0 Å². The van der Waals surface area contributed by atoms with Gasteiger partial charge in [-0.3, -0.25) is 4.90 Å². The van der Waals surface area contributed by atoms with E-state index < -0.39 is 8.07 Å². The Morgan fingerprint density at radius 3 is 1.58 bits per heavy atom. The van der Waals surface area contributed by atoms with Gasteiger partial charge < -0.3 is 4.57 Å². The van der Waals surface area contributed by atoms with Crippen LogP contribution < -0.4 is 25.6 Å². The number of anilines is 3. The first-order valence-electron chi connectivity index (χ1n) is 23.8. The summed E-state index contributed by atoms with van der Waals surface area (Å²) in [4.78, 5) is 8.10. The van der Waals surface area contributed by atoms with E-state index in [-0.39, 0.29) is 0 Å². The molecule has 0 amide bonds. The van der Waals surface area contributed by atoms with Gasteiger partial charge in [0.15, 0.2) is 8.07 Å². The van der Waals surface area contributed by atoms with Crippen molar-refractivity contribution in [2.24, 2.45) is 0 Å². The van der Waals surface area contributed by atoms with Crippen LogP contribution in [-0.2, 0) is 0 Å². The molecule has 0 unspecified atom stereocenters. The van der Waals surface area contributed by atoms with E-state index in [9.17, 15) is 0 Å². The lowest BCUT2D eigenvalue weighted by molar-refractivity contribution is 1.18. The molecule has 12 aromatic rings. The van der Waals surface area contributed by atoms with Gasteiger partial charge in [0, 0.05) is 33.4 Å². The van der Waals surface area contributed by atoms with Gasteiger partial charge in [-0.2, -0.15) is 0 Å². The van der Waals surface area contributed by atoms with E-state index in [1.807, 2.05) is 0 Å². The van der Waals surface area contributed by atoms with Gasteiger partial charge in [-0.1, -0.05) is 206 Å². The molecule has 1 spiro atoms. The molecule has 0 radical (unpaired) electrons. The standard InChI is InChI=1S/C65H43N3Si/c1-4-19-44(20-5-1)47-25-18-26-51(39-47)67-57-30-13-10-27-52(57)55-40-48(35-37-58(55)67)49-36-38-64-60(42-49)68(65-43-50(45-21-6-2-7-22-45)41-56(66-65)46-23-8-3-9-24-46)59-31-14-17-34-63(59)69(64)61-32-15-11-28-53(61)54-29-12-16-33-62(54)69/h1-43H. The van der Waals surface area contributed by atoms with E-state index in [0.717, 1.165) is 39.5 Å². The first kappa shape index (κ1) is 39.3. The number of hydrogen-bond donors (Lipinski definition) is 0. The summed E-state index contributed by atoms with van der Waals surface area (Å²) >= 11 is 0. The maximum atomic E-state index is 5.63. The Kier molecular flexibility index (Phi) is 8.91. The molecule has 4 heterocycles. The molecular weight excluding hydrogens is 851 g/mol. The van der Waals surface area contributed by atoms with Crippen molar-refractivity contribution >= 4 is 67.8 Å². The topological polar surface area (TPSA) is 21.1 Å². The van der Waals surface area contributed by atoms with Crippen LogP contribution in [-0.4, -0.2) is 17.6 Å². The molecule has 3 nitrogen and oxygen atoms in total. The van der Waals surface area contributed by atoms with Crippen LogP contribution in [0.1, 0.15) is 0 Å². The average Bonchev–Trinajstić information content (AvgIpc) is 3.92. The third-order valence-corrected chi connectivity index (χ3v) is 19.5. The van der Waals surface area contributed by atoms with Crippen LogP contribution >= 0.6 is 0 Å². The molecule has 0 saturated heterocycles. The molecule has 2 aliphatic rings. The molecule has 69 heavy (non-hydrogen) atoms. The van der Waals surface area contributed by atoms with Gasteiger partial charge in [0.05, 0.1) is 16.7 Å². The monoisotopic (exact) mass is 893 g/mol. The number of rotatable bonds is 6. The van der Waals surface area contributed by atoms with Crippen LogP contribution in [0.2, 0.25) is 0 Å². The summed E-state index contributed by atoms with van der Waals surface area (Å²) in [6.45, 7) is 0. The van der Waals surface area contributed by atoms with Crippen molar-refractivity contribution < 1.29 is 0 Å². The minimum absolute atomic E-state index is 0.890. The zero-order valence-corrected chi connectivity index (χ0v) is 38.7. The van der Waals surface area contributed by atoms with Crippen molar-refractivity contribution in [2.75, 3.05) is 4.90 Å². The molecule has 0 aliphatic carbocycles. The van der Waals surface area contributed by atoms with Crippen molar-refractivity contribution in [3.8, 4) is 61.5 Å². The summed E-state index contributed by atoms with van der Waals surface area (Å²) in [5.41, 5.74) is 17.6. The summed E-state index contributed by atoms with van der Waals surface area (Å²) in [5, 5.41) is 8.08. The minimum Gasteiger partial charge on any atom is -0.309 e. The predicted molar refractivity (Wildman–Crippen MR) is 291 cm³/mol. The fourth-order valence-electron chi connectivity index (χ4n) is 11.6. The molecule has 14 rings (SSSR count). The van der Waals surface area contributed by atoms with Gasteiger partial charge in [0.25, 0.3) is 0 Å². The largest absolute Gasteiger partial charge is 0.309 e. The average molecular weight is 894 g/mol. The molecule has 0 bridgehead atoms. The first-order chi connectivity index (χ1) is 34.2. The minimum atomic E-state index is -2.87. The van der Waals surface area contributed by atoms with Gasteiger partial charge in [-0.25, -0.2) is 4.98 Å². The van der Waals surface area contributed by atoms with Gasteiger partial charge in [0.1, 0.15) is 5.82 Å². The van der Waals surface area contributed by atoms with Crippen LogP contribution in [0.3, 0.4) is 0 Å². The Bertz CT molecular complexity index is 3870. The van der Waals surface area contributed by atoms with E-state index >= 15 is 0 Å². The number of fused-ring (bicyclic) bond motifs is 12. The summed E-state index contributed by atoms with van der Waals surface area (Å²) in [5.74, 6) is 0.890. The lowest BCUT2D eigenvalue weighted by Gasteiger charge is -2.43. The maximum absolute atomic E-state index is 5.63. The lowest BCUT2D eigenvalue weighted by Crippen LogP contribution is -2.75. The highest BCUT2D eigenvalue weighted by Crippen LogP contribution is 2.44. The zero-order valence-electron chi connectivity index (χ0n) is 37.7. The Morgan fingerprint density at radius 1 is 0.304 bits per heavy atom. The number of nitrogens with zero attached hydrogens (tertiary/aromatic N) is 3. The van der Waals surface area contributed by atoms with Crippen LogP contribution in [0.25, 0.3) is 83.3 Å². The quantitative estimate of drug-likeness (QED) is 0.155. The van der Waals surface area contributed by atoms with Gasteiger partial charge >= 0.3 is 0 Å². The van der Waals surface area contributed by atoms with Crippen molar-refractivity contribution in [1.29, 1.82) is 0 Å². The second-order valence-corrected chi connectivity index (χ2v) is 21.9. The normalized spacial score (nSPS) is 13.0. The number of aromatic nitrogens is 2. The lowest BCUT2D eigenvalue weighted by atomic mass is 10.0. The Labute approximate surface area is 402 Å². The highest BCUT2D eigenvalue weighted by Gasteiger charge is 2.54. The predicted octanol–water partition coefficient (Wildman–Crippen LogP) is 14.0. The second-order valence-electron chi connectivity index (χ2n) is 18.3. The molecule has 2 aromatic heterocycles. The number of hydrogen-bond acceptors (Lipinski definition) is 2.